The van der Waals surface area contributed by atoms with Gasteiger partial charge in [-0.1, -0.05) is 23.7 Å². The van der Waals surface area contributed by atoms with E-state index in [0.29, 0.717) is 17.1 Å². The lowest BCUT2D eigenvalue weighted by Crippen LogP contribution is -2.51. The van der Waals surface area contributed by atoms with Crippen molar-refractivity contribution in [3.63, 3.8) is 0 Å². The third kappa shape index (κ3) is 5.13. The maximum Gasteiger partial charge on any atom is 0.251 e. The van der Waals surface area contributed by atoms with Crippen LogP contribution in [-0.4, -0.2) is 50.3 Å². The van der Waals surface area contributed by atoms with Crippen molar-refractivity contribution in [1.29, 1.82) is 0 Å². The molecule has 0 saturated carbocycles. The van der Waals surface area contributed by atoms with Gasteiger partial charge in [0, 0.05) is 35.8 Å². The molecule has 2 fully saturated rings. The molecule has 2 heterocycles. The number of hydrogen-bond acceptors (Lipinski definition) is 6. The Morgan fingerprint density at radius 2 is 1.74 bits per heavy atom. The van der Waals surface area contributed by atoms with Gasteiger partial charge in [0.15, 0.2) is 11.5 Å². The van der Waals surface area contributed by atoms with Gasteiger partial charge < -0.3 is 14.8 Å². The number of hydrazine groups is 1. The molecule has 4 rings (SSSR count). The largest absolute Gasteiger partial charge is 0.493 e. The summed E-state index contributed by atoms with van der Waals surface area (Å²) in [7, 11) is 3.15. The first-order chi connectivity index (χ1) is 15.1. The van der Waals surface area contributed by atoms with Gasteiger partial charge in [-0.05, 0) is 55.2 Å². The van der Waals surface area contributed by atoms with Crippen LogP contribution in [0.2, 0.25) is 5.02 Å². The summed E-state index contributed by atoms with van der Waals surface area (Å²) in [5.74, 6) is 1.09. The van der Waals surface area contributed by atoms with Crippen LogP contribution in [0.1, 0.15) is 41.2 Å². The van der Waals surface area contributed by atoms with E-state index in [9.17, 15) is 4.79 Å². The Kier molecular flexibility index (Phi) is 6.97. The minimum absolute atomic E-state index is 0.0807. The summed E-state index contributed by atoms with van der Waals surface area (Å²) in [6.07, 6.45) is 3.11. The standard InChI is InChI=1S/C23H29ClN4O3/c1-30-20-8-5-16(13-21(20)31-2)23(29)25-18-9-11-28(12-10-18)22-14-19(26-27-22)15-3-6-17(24)7-4-15/h3-8,13,18-19,22,26-27H,9-12,14H2,1-2H3,(H,25,29). The van der Waals surface area contributed by atoms with Gasteiger partial charge in [-0.15, -0.1) is 0 Å². The van der Waals surface area contributed by atoms with Gasteiger partial charge in [0.05, 0.1) is 20.4 Å². The first-order valence-electron chi connectivity index (χ1n) is 10.6. The van der Waals surface area contributed by atoms with Gasteiger partial charge in [0.2, 0.25) is 0 Å². The molecule has 2 aromatic carbocycles. The topological polar surface area (TPSA) is 74.9 Å². The van der Waals surface area contributed by atoms with E-state index in [0.717, 1.165) is 37.4 Å². The molecule has 2 aliphatic rings. The molecule has 31 heavy (non-hydrogen) atoms. The van der Waals surface area contributed by atoms with Gasteiger partial charge in [-0.2, -0.15) is 0 Å². The van der Waals surface area contributed by atoms with Crippen molar-refractivity contribution in [3.05, 3.63) is 58.6 Å². The fourth-order valence-corrected chi connectivity index (χ4v) is 4.42. The smallest absolute Gasteiger partial charge is 0.251 e. The zero-order valence-electron chi connectivity index (χ0n) is 17.9. The highest BCUT2D eigenvalue weighted by Crippen LogP contribution is 2.28. The van der Waals surface area contributed by atoms with E-state index in [-0.39, 0.29) is 24.2 Å². The number of ether oxygens (including phenoxy) is 2. The van der Waals surface area contributed by atoms with E-state index < -0.39 is 0 Å². The Hall–Kier alpha value is -2.32. The van der Waals surface area contributed by atoms with Crippen LogP contribution in [0.3, 0.4) is 0 Å². The Morgan fingerprint density at radius 3 is 2.42 bits per heavy atom. The lowest BCUT2D eigenvalue weighted by atomic mass is 10.0. The zero-order valence-corrected chi connectivity index (χ0v) is 18.6. The lowest BCUT2D eigenvalue weighted by Gasteiger charge is -2.35. The van der Waals surface area contributed by atoms with E-state index in [1.54, 1.807) is 32.4 Å². The summed E-state index contributed by atoms with van der Waals surface area (Å²) < 4.78 is 10.5. The van der Waals surface area contributed by atoms with Gasteiger partial charge in [-0.3, -0.25) is 9.69 Å². The van der Waals surface area contributed by atoms with Gasteiger partial charge >= 0.3 is 0 Å². The third-order valence-corrected chi connectivity index (χ3v) is 6.36. The van der Waals surface area contributed by atoms with Crippen LogP contribution in [0.15, 0.2) is 42.5 Å². The van der Waals surface area contributed by atoms with E-state index in [1.165, 1.54) is 5.56 Å². The number of benzene rings is 2. The van der Waals surface area contributed by atoms with E-state index in [1.807, 2.05) is 12.1 Å². The summed E-state index contributed by atoms with van der Waals surface area (Å²) in [4.78, 5) is 15.1. The molecule has 2 unspecified atom stereocenters. The Bertz CT molecular complexity index is 900. The number of nitrogens with one attached hydrogen (secondary N) is 3. The molecule has 2 aromatic rings. The van der Waals surface area contributed by atoms with Gasteiger partial charge in [0.25, 0.3) is 5.91 Å². The molecule has 2 atom stereocenters. The second-order valence-corrected chi connectivity index (χ2v) is 8.43. The maximum absolute atomic E-state index is 12.7. The number of carbonyl (C=O) groups is 1. The molecular weight excluding hydrogens is 416 g/mol. The van der Waals surface area contributed by atoms with Crippen LogP contribution in [0.25, 0.3) is 0 Å². The second kappa shape index (κ2) is 9.87. The predicted octanol–water partition coefficient (Wildman–Crippen LogP) is 3.12. The first-order valence-corrected chi connectivity index (χ1v) is 11.0. The van der Waals surface area contributed by atoms with Crippen LogP contribution >= 0.6 is 11.6 Å². The molecule has 166 valence electrons. The predicted molar refractivity (Wildman–Crippen MR) is 120 cm³/mol. The Balaban J connectivity index is 1.27. The molecule has 7 nitrogen and oxygen atoms in total. The monoisotopic (exact) mass is 444 g/mol. The van der Waals surface area contributed by atoms with Gasteiger partial charge in [0.1, 0.15) is 0 Å². The molecule has 0 radical (unpaired) electrons. The summed E-state index contributed by atoms with van der Waals surface area (Å²) in [6, 6.07) is 13.7. The van der Waals surface area contributed by atoms with Crippen LogP contribution in [0.5, 0.6) is 11.5 Å². The summed E-state index contributed by atoms with van der Waals surface area (Å²) in [6.45, 7) is 1.87. The lowest BCUT2D eigenvalue weighted by molar-refractivity contribution is 0.0879. The van der Waals surface area contributed by atoms with Crippen molar-refractivity contribution in [1.82, 2.24) is 21.1 Å². The molecule has 0 spiro atoms. The number of nitrogens with zero attached hydrogens (tertiary/aromatic N) is 1. The molecular formula is C23H29ClN4O3. The average molecular weight is 445 g/mol. The molecule has 8 heteroatoms. The number of hydrogen-bond donors (Lipinski definition) is 3. The van der Waals surface area contributed by atoms with Crippen molar-refractivity contribution in [2.45, 2.75) is 37.5 Å². The molecule has 2 aliphatic heterocycles. The second-order valence-electron chi connectivity index (χ2n) is 8.00. The van der Waals surface area contributed by atoms with Crippen LogP contribution in [0.4, 0.5) is 0 Å². The van der Waals surface area contributed by atoms with E-state index in [4.69, 9.17) is 21.1 Å². The SMILES string of the molecule is COc1ccc(C(=O)NC2CCN(C3CC(c4ccc(Cl)cc4)NN3)CC2)cc1OC. The summed E-state index contributed by atoms with van der Waals surface area (Å²) in [5.41, 5.74) is 8.63. The molecule has 2 saturated heterocycles. The minimum Gasteiger partial charge on any atom is -0.493 e. The Labute approximate surface area is 188 Å². The quantitative estimate of drug-likeness (QED) is 0.635. The zero-order chi connectivity index (χ0) is 21.8. The van der Waals surface area contributed by atoms with Crippen molar-refractivity contribution >= 4 is 17.5 Å². The molecule has 3 N–H and O–H groups in total. The average Bonchev–Trinajstić information content (AvgIpc) is 3.29. The van der Waals surface area contributed by atoms with Crippen molar-refractivity contribution in [2.75, 3.05) is 27.3 Å². The summed E-state index contributed by atoms with van der Waals surface area (Å²) >= 11 is 6.00. The van der Waals surface area contributed by atoms with Crippen LogP contribution in [0, 0.1) is 0 Å². The number of methoxy groups -OCH3 is 2. The highest BCUT2D eigenvalue weighted by Gasteiger charge is 2.32. The molecule has 0 aliphatic carbocycles. The number of carbonyl (C=O) groups excluding carboxylic acids is 1. The van der Waals surface area contributed by atoms with E-state index >= 15 is 0 Å². The normalized spacial score (nSPS) is 22.3. The fraction of sp³-hybridized carbons (Fsp3) is 0.435. The number of amides is 1. The first kappa shape index (κ1) is 21.9. The highest BCUT2D eigenvalue weighted by atomic mass is 35.5. The van der Waals surface area contributed by atoms with Crippen molar-refractivity contribution in [2.24, 2.45) is 0 Å². The highest BCUT2D eigenvalue weighted by molar-refractivity contribution is 6.30. The molecule has 0 aromatic heterocycles. The fourth-order valence-electron chi connectivity index (χ4n) is 4.29. The number of rotatable bonds is 6. The van der Waals surface area contributed by atoms with Crippen molar-refractivity contribution in [3.8, 4) is 11.5 Å². The molecule has 1 amide bonds. The van der Waals surface area contributed by atoms with E-state index in [2.05, 4.69) is 33.2 Å². The van der Waals surface area contributed by atoms with Crippen LogP contribution < -0.4 is 25.6 Å². The third-order valence-electron chi connectivity index (χ3n) is 6.11. The van der Waals surface area contributed by atoms with Crippen LogP contribution in [-0.2, 0) is 0 Å². The van der Waals surface area contributed by atoms with Gasteiger partial charge in [-0.25, -0.2) is 10.9 Å². The minimum atomic E-state index is -0.0807. The number of piperidine rings is 1. The molecule has 0 bridgehead atoms. The van der Waals surface area contributed by atoms with Crippen molar-refractivity contribution < 1.29 is 14.3 Å². The number of halogens is 1. The Morgan fingerprint density at radius 1 is 1.03 bits per heavy atom. The summed E-state index contributed by atoms with van der Waals surface area (Å²) in [5, 5.41) is 3.92. The maximum atomic E-state index is 12.7. The number of likely N-dealkylation sites (tertiary alicyclic amines) is 1.